The van der Waals surface area contributed by atoms with Crippen molar-refractivity contribution in [3.8, 4) is 0 Å². The van der Waals surface area contributed by atoms with E-state index in [-0.39, 0.29) is 0 Å². The van der Waals surface area contributed by atoms with Crippen LogP contribution in [0.15, 0.2) is 11.6 Å². The number of carbonyl (C=O) groups is 1. The Morgan fingerprint density at radius 2 is 2.08 bits per heavy atom. The van der Waals surface area contributed by atoms with Crippen LogP contribution in [0.4, 0.5) is 0 Å². The fraction of sp³-hybridized carbons (Fsp3) is 0.700. The molecule has 0 aromatic heterocycles. The van der Waals surface area contributed by atoms with Gasteiger partial charge < -0.3 is 10.2 Å². The SMILES string of the molecule is C/C=C(\C)CC(C(=O)O)C(O)CC. The van der Waals surface area contributed by atoms with Crippen LogP contribution in [-0.2, 0) is 4.79 Å². The number of carboxylic acids is 1. The van der Waals surface area contributed by atoms with E-state index in [4.69, 9.17) is 5.11 Å². The Balaban J connectivity index is 4.35. The molecule has 0 aliphatic heterocycles. The number of aliphatic hydroxyl groups excluding tert-OH is 1. The third-order valence-electron chi connectivity index (χ3n) is 2.23. The van der Waals surface area contributed by atoms with Crippen molar-refractivity contribution in [3.63, 3.8) is 0 Å². The van der Waals surface area contributed by atoms with E-state index < -0.39 is 18.0 Å². The number of allylic oxidation sites excluding steroid dienone is 2. The van der Waals surface area contributed by atoms with Crippen molar-refractivity contribution in [2.24, 2.45) is 5.92 Å². The average molecular weight is 186 g/mol. The molecule has 2 N–H and O–H groups in total. The van der Waals surface area contributed by atoms with E-state index in [9.17, 15) is 9.90 Å². The van der Waals surface area contributed by atoms with E-state index in [2.05, 4.69) is 0 Å². The van der Waals surface area contributed by atoms with Gasteiger partial charge in [0.05, 0.1) is 12.0 Å². The molecule has 0 saturated carbocycles. The Kier molecular flexibility index (Phi) is 5.39. The summed E-state index contributed by atoms with van der Waals surface area (Å²) in [5.74, 6) is -1.59. The molecule has 2 atom stereocenters. The van der Waals surface area contributed by atoms with Crippen LogP contribution in [0.3, 0.4) is 0 Å². The zero-order chi connectivity index (χ0) is 10.4. The Morgan fingerprint density at radius 1 is 1.54 bits per heavy atom. The summed E-state index contributed by atoms with van der Waals surface area (Å²) in [6.45, 7) is 5.52. The van der Waals surface area contributed by atoms with E-state index >= 15 is 0 Å². The second-order valence-corrected chi connectivity index (χ2v) is 3.26. The lowest BCUT2D eigenvalue weighted by Crippen LogP contribution is -2.27. The van der Waals surface area contributed by atoms with Gasteiger partial charge in [-0.15, -0.1) is 0 Å². The summed E-state index contributed by atoms with van der Waals surface area (Å²) in [5.41, 5.74) is 1.000. The topological polar surface area (TPSA) is 57.5 Å². The van der Waals surface area contributed by atoms with E-state index in [1.807, 2.05) is 19.9 Å². The number of aliphatic hydroxyl groups is 1. The van der Waals surface area contributed by atoms with Crippen molar-refractivity contribution in [2.45, 2.75) is 39.7 Å². The van der Waals surface area contributed by atoms with Crippen molar-refractivity contribution < 1.29 is 15.0 Å². The molecule has 0 amide bonds. The third-order valence-corrected chi connectivity index (χ3v) is 2.23. The maximum absolute atomic E-state index is 10.8. The highest BCUT2D eigenvalue weighted by atomic mass is 16.4. The highest BCUT2D eigenvalue weighted by Crippen LogP contribution is 2.17. The molecule has 0 aliphatic rings. The third kappa shape index (κ3) is 4.08. The number of aliphatic carboxylic acids is 1. The number of rotatable bonds is 5. The van der Waals surface area contributed by atoms with Gasteiger partial charge in [-0.1, -0.05) is 18.6 Å². The summed E-state index contributed by atoms with van der Waals surface area (Å²) in [4.78, 5) is 10.8. The minimum atomic E-state index is -0.921. The summed E-state index contributed by atoms with van der Waals surface area (Å²) >= 11 is 0. The van der Waals surface area contributed by atoms with Gasteiger partial charge in [0.15, 0.2) is 0 Å². The lowest BCUT2D eigenvalue weighted by atomic mass is 9.93. The Labute approximate surface area is 79.1 Å². The van der Waals surface area contributed by atoms with Crippen molar-refractivity contribution in [1.82, 2.24) is 0 Å². The molecule has 0 aliphatic carbocycles. The first kappa shape index (κ1) is 12.2. The quantitative estimate of drug-likeness (QED) is 0.644. The van der Waals surface area contributed by atoms with Gasteiger partial charge >= 0.3 is 5.97 Å². The molecule has 0 aromatic rings. The fourth-order valence-electron chi connectivity index (χ4n) is 1.14. The highest BCUT2D eigenvalue weighted by Gasteiger charge is 2.24. The van der Waals surface area contributed by atoms with Gasteiger partial charge in [0.2, 0.25) is 0 Å². The molecule has 0 spiro atoms. The van der Waals surface area contributed by atoms with E-state index in [0.29, 0.717) is 12.8 Å². The molecule has 76 valence electrons. The Hall–Kier alpha value is -0.830. The average Bonchev–Trinajstić information content (AvgIpc) is 2.11. The van der Waals surface area contributed by atoms with E-state index in [1.54, 1.807) is 6.92 Å². The van der Waals surface area contributed by atoms with E-state index in [0.717, 1.165) is 5.57 Å². The van der Waals surface area contributed by atoms with Crippen molar-refractivity contribution >= 4 is 5.97 Å². The number of hydrogen-bond donors (Lipinski definition) is 2. The van der Waals surface area contributed by atoms with Crippen LogP contribution in [0.25, 0.3) is 0 Å². The largest absolute Gasteiger partial charge is 0.481 e. The standard InChI is InChI=1S/C10H18O3/c1-4-7(3)6-8(10(12)13)9(11)5-2/h4,8-9,11H,5-6H2,1-3H3,(H,12,13)/b7-4+. The Morgan fingerprint density at radius 3 is 2.38 bits per heavy atom. The molecule has 0 fully saturated rings. The molecule has 0 rings (SSSR count). The summed E-state index contributed by atoms with van der Waals surface area (Å²) in [7, 11) is 0. The molecule has 13 heavy (non-hydrogen) atoms. The van der Waals surface area contributed by atoms with Crippen LogP contribution in [0.5, 0.6) is 0 Å². The van der Waals surface area contributed by atoms with Crippen LogP contribution >= 0.6 is 0 Å². The van der Waals surface area contributed by atoms with Crippen LogP contribution < -0.4 is 0 Å². The van der Waals surface area contributed by atoms with Crippen molar-refractivity contribution in [2.75, 3.05) is 0 Å². The second kappa shape index (κ2) is 5.75. The van der Waals surface area contributed by atoms with Crippen LogP contribution in [0.2, 0.25) is 0 Å². The predicted molar refractivity (Wildman–Crippen MR) is 51.5 cm³/mol. The minimum absolute atomic E-state index is 0.431. The van der Waals surface area contributed by atoms with Gasteiger partial charge in [0.25, 0.3) is 0 Å². The van der Waals surface area contributed by atoms with Gasteiger partial charge in [-0.2, -0.15) is 0 Å². The summed E-state index contributed by atoms with van der Waals surface area (Å²) in [6, 6.07) is 0. The van der Waals surface area contributed by atoms with Gasteiger partial charge in [-0.3, -0.25) is 4.79 Å². The number of carboxylic acid groups (broad SMARTS) is 1. The molecule has 0 aromatic carbocycles. The van der Waals surface area contributed by atoms with Gasteiger partial charge in [0, 0.05) is 0 Å². The molecule has 3 heteroatoms. The first-order valence-corrected chi connectivity index (χ1v) is 4.55. The molecule has 0 heterocycles. The van der Waals surface area contributed by atoms with Gasteiger partial charge in [-0.25, -0.2) is 0 Å². The highest BCUT2D eigenvalue weighted by molar-refractivity contribution is 5.71. The van der Waals surface area contributed by atoms with Crippen LogP contribution in [0, 0.1) is 5.92 Å². The molecule has 0 radical (unpaired) electrons. The minimum Gasteiger partial charge on any atom is -0.481 e. The van der Waals surface area contributed by atoms with Crippen LogP contribution in [-0.4, -0.2) is 22.3 Å². The molecule has 0 saturated heterocycles. The predicted octanol–water partition coefficient (Wildman–Crippen LogP) is 1.81. The molecular formula is C10H18O3. The zero-order valence-corrected chi connectivity index (χ0v) is 8.45. The maximum Gasteiger partial charge on any atom is 0.309 e. The summed E-state index contributed by atoms with van der Waals surface area (Å²) < 4.78 is 0. The smallest absolute Gasteiger partial charge is 0.309 e. The van der Waals surface area contributed by atoms with Crippen molar-refractivity contribution in [3.05, 3.63) is 11.6 Å². The summed E-state index contributed by atoms with van der Waals surface area (Å²) in [6.07, 6.45) is 2.04. The maximum atomic E-state index is 10.8. The molecule has 2 unspecified atom stereocenters. The van der Waals surface area contributed by atoms with Gasteiger partial charge in [0.1, 0.15) is 0 Å². The van der Waals surface area contributed by atoms with E-state index in [1.165, 1.54) is 0 Å². The normalized spacial score (nSPS) is 16.8. The second-order valence-electron chi connectivity index (χ2n) is 3.26. The lowest BCUT2D eigenvalue weighted by Gasteiger charge is -2.17. The first-order chi connectivity index (χ1) is 6.02. The van der Waals surface area contributed by atoms with Crippen molar-refractivity contribution in [1.29, 1.82) is 0 Å². The first-order valence-electron chi connectivity index (χ1n) is 4.55. The summed E-state index contributed by atoms with van der Waals surface area (Å²) in [5, 5.41) is 18.3. The monoisotopic (exact) mass is 186 g/mol. The number of hydrogen-bond acceptors (Lipinski definition) is 2. The lowest BCUT2D eigenvalue weighted by molar-refractivity contribution is -0.145. The molecule has 0 bridgehead atoms. The zero-order valence-electron chi connectivity index (χ0n) is 8.45. The Bertz CT molecular complexity index is 196. The van der Waals surface area contributed by atoms with Crippen LogP contribution in [0.1, 0.15) is 33.6 Å². The fourth-order valence-corrected chi connectivity index (χ4v) is 1.14. The molecular weight excluding hydrogens is 168 g/mol. The molecule has 3 nitrogen and oxygen atoms in total. The van der Waals surface area contributed by atoms with Gasteiger partial charge in [-0.05, 0) is 26.7 Å².